The molecule has 0 fully saturated rings. The molecule has 1 aliphatic heterocycles. The average molecular weight is 407 g/mol. The van der Waals surface area contributed by atoms with Gasteiger partial charge in [0, 0.05) is 4.47 Å². The van der Waals surface area contributed by atoms with Crippen molar-refractivity contribution >= 4 is 50.6 Å². The standard InChI is InChI=1S/C18H13BrClNO3/c1-2-24-14-8-6-11(7-9-14)15-16(20)18(23)21(17(15)22)13-5-3-4-12(19)10-13/h3-10H,2H2,1H3. The van der Waals surface area contributed by atoms with Crippen LogP contribution in [0.1, 0.15) is 12.5 Å². The molecule has 1 heterocycles. The van der Waals surface area contributed by atoms with Gasteiger partial charge < -0.3 is 4.74 Å². The summed E-state index contributed by atoms with van der Waals surface area (Å²) in [6, 6.07) is 13.9. The third-order valence-electron chi connectivity index (χ3n) is 3.55. The summed E-state index contributed by atoms with van der Waals surface area (Å²) in [5.41, 5.74) is 1.25. The lowest BCUT2D eigenvalue weighted by atomic mass is 10.1. The van der Waals surface area contributed by atoms with Crippen LogP contribution in [0.4, 0.5) is 5.69 Å². The van der Waals surface area contributed by atoms with Gasteiger partial charge in [-0.05, 0) is 42.8 Å². The Kier molecular flexibility index (Phi) is 4.73. The Hall–Kier alpha value is -2.11. The minimum atomic E-state index is -0.524. The molecule has 0 radical (unpaired) electrons. The number of carbonyl (C=O) groups excluding carboxylic acids is 2. The Morgan fingerprint density at radius 2 is 1.79 bits per heavy atom. The molecule has 6 heteroatoms. The number of carbonyl (C=O) groups is 2. The van der Waals surface area contributed by atoms with Crippen LogP contribution in [0.3, 0.4) is 0 Å². The highest BCUT2D eigenvalue weighted by Gasteiger charge is 2.39. The van der Waals surface area contributed by atoms with E-state index in [1.807, 2.05) is 13.0 Å². The van der Waals surface area contributed by atoms with Crippen LogP contribution in [0.15, 0.2) is 58.0 Å². The van der Waals surface area contributed by atoms with E-state index < -0.39 is 11.8 Å². The molecule has 0 atom stereocenters. The first kappa shape index (κ1) is 16.7. The maximum absolute atomic E-state index is 12.8. The smallest absolute Gasteiger partial charge is 0.277 e. The quantitative estimate of drug-likeness (QED) is 0.708. The number of hydrogen-bond acceptors (Lipinski definition) is 3. The van der Waals surface area contributed by atoms with Gasteiger partial charge in [-0.3, -0.25) is 9.59 Å². The molecule has 2 aromatic rings. The van der Waals surface area contributed by atoms with E-state index in [0.717, 1.165) is 9.37 Å². The topological polar surface area (TPSA) is 46.6 Å². The molecule has 0 bridgehead atoms. The Bertz CT molecular complexity index is 846. The van der Waals surface area contributed by atoms with E-state index in [2.05, 4.69) is 15.9 Å². The Morgan fingerprint density at radius 1 is 1.08 bits per heavy atom. The fourth-order valence-corrected chi connectivity index (χ4v) is 3.15. The molecule has 0 unspecified atom stereocenters. The first-order chi connectivity index (χ1) is 11.5. The molecule has 1 aliphatic rings. The monoisotopic (exact) mass is 405 g/mol. The molecule has 0 N–H and O–H groups in total. The number of anilines is 1. The normalized spacial score (nSPS) is 14.5. The third-order valence-corrected chi connectivity index (χ3v) is 4.39. The summed E-state index contributed by atoms with van der Waals surface area (Å²) in [4.78, 5) is 26.3. The van der Waals surface area contributed by atoms with Crippen molar-refractivity contribution in [2.75, 3.05) is 11.5 Å². The van der Waals surface area contributed by atoms with Crippen molar-refractivity contribution < 1.29 is 14.3 Å². The molecular formula is C18H13BrClNO3. The van der Waals surface area contributed by atoms with Gasteiger partial charge in [0.25, 0.3) is 11.8 Å². The fraction of sp³-hybridized carbons (Fsp3) is 0.111. The molecule has 122 valence electrons. The van der Waals surface area contributed by atoms with Crippen molar-refractivity contribution in [1.29, 1.82) is 0 Å². The number of benzene rings is 2. The van der Waals surface area contributed by atoms with Gasteiger partial charge in [0.2, 0.25) is 0 Å². The molecule has 2 aromatic carbocycles. The lowest BCUT2D eigenvalue weighted by molar-refractivity contribution is -0.119. The fourth-order valence-electron chi connectivity index (χ4n) is 2.49. The van der Waals surface area contributed by atoms with Crippen molar-refractivity contribution in [3.63, 3.8) is 0 Å². The summed E-state index contributed by atoms with van der Waals surface area (Å²) in [5, 5.41) is -0.0795. The molecule has 0 saturated carbocycles. The lowest BCUT2D eigenvalue weighted by Gasteiger charge is -2.15. The Labute approximate surface area is 152 Å². The summed E-state index contributed by atoms with van der Waals surface area (Å²) < 4.78 is 6.16. The number of hydrogen-bond donors (Lipinski definition) is 0. The van der Waals surface area contributed by atoms with Crippen LogP contribution in [0.2, 0.25) is 0 Å². The highest BCUT2D eigenvalue weighted by atomic mass is 79.9. The molecular weight excluding hydrogens is 394 g/mol. The van der Waals surface area contributed by atoms with Crippen molar-refractivity contribution in [2.24, 2.45) is 0 Å². The molecule has 4 nitrogen and oxygen atoms in total. The SMILES string of the molecule is CCOc1ccc(C2=C(Cl)C(=O)N(c3cccc(Br)c3)C2=O)cc1. The Balaban J connectivity index is 1.97. The first-order valence-electron chi connectivity index (χ1n) is 7.30. The minimum Gasteiger partial charge on any atom is -0.494 e. The summed E-state index contributed by atoms with van der Waals surface area (Å²) in [6.45, 7) is 2.44. The summed E-state index contributed by atoms with van der Waals surface area (Å²) in [5.74, 6) is -0.269. The average Bonchev–Trinajstić information content (AvgIpc) is 2.78. The van der Waals surface area contributed by atoms with Crippen LogP contribution in [-0.4, -0.2) is 18.4 Å². The first-order valence-corrected chi connectivity index (χ1v) is 8.47. The molecule has 0 saturated heterocycles. The molecule has 2 amide bonds. The van der Waals surface area contributed by atoms with Gasteiger partial charge >= 0.3 is 0 Å². The van der Waals surface area contributed by atoms with Crippen LogP contribution in [-0.2, 0) is 9.59 Å². The molecule has 0 aliphatic carbocycles. The van der Waals surface area contributed by atoms with E-state index in [1.165, 1.54) is 0 Å². The van der Waals surface area contributed by atoms with E-state index in [9.17, 15) is 9.59 Å². The van der Waals surface area contributed by atoms with Crippen molar-refractivity contribution in [3.8, 4) is 5.75 Å². The minimum absolute atomic E-state index is 0.0795. The lowest BCUT2D eigenvalue weighted by Crippen LogP contribution is -2.31. The van der Waals surface area contributed by atoms with Gasteiger partial charge in [0.05, 0.1) is 17.9 Å². The van der Waals surface area contributed by atoms with Gasteiger partial charge in [-0.25, -0.2) is 4.90 Å². The van der Waals surface area contributed by atoms with Crippen molar-refractivity contribution in [1.82, 2.24) is 0 Å². The number of rotatable bonds is 4. The second-order valence-corrected chi connectivity index (χ2v) is 6.37. The largest absolute Gasteiger partial charge is 0.494 e. The number of ether oxygens (including phenoxy) is 1. The highest BCUT2D eigenvalue weighted by molar-refractivity contribution is 9.10. The highest BCUT2D eigenvalue weighted by Crippen LogP contribution is 2.35. The molecule has 24 heavy (non-hydrogen) atoms. The second kappa shape index (κ2) is 6.79. The van der Waals surface area contributed by atoms with E-state index in [0.29, 0.717) is 23.6 Å². The Morgan fingerprint density at radius 3 is 2.42 bits per heavy atom. The zero-order valence-corrected chi connectivity index (χ0v) is 15.1. The number of halogens is 2. The van der Waals surface area contributed by atoms with E-state index in [-0.39, 0.29) is 10.6 Å². The van der Waals surface area contributed by atoms with Crippen LogP contribution in [0.25, 0.3) is 5.57 Å². The van der Waals surface area contributed by atoms with Crippen molar-refractivity contribution in [2.45, 2.75) is 6.92 Å². The van der Waals surface area contributed by atoms with E-state index in [4.69, 9.17) is 16.3 Å². The molecule has 3 rings (SSSR count). The maximum atomic E-state index is 12.8. The molecule has 0 aromatic heterocycles. The van der Waals surface area contributed by atoms with Crippen molar-refractivity contribution in [3.05, 3.63) is 63.6 Å². The summed E-state index contributed by atoms with van der Waals surface area (Å²) >= 11 is 9.51. The van der Waals surface area contributed by atoms with Gasteiger partial charge in [-0.15, -0.1) is 0 Å². The van der Waals surface area contributed by atoms with E-state index in [1.54, 1.807) is 42.5 Å². The van der Waals surface area contributed by atoms with Gasteiger partial charge in [-0.1, -0.05) is 45.7 Å². The second-order valence-electron chi connectivity index (χ2n) is 5.07. The summed E-state index contributed by atoms with van der Waals surface area (Å²) in [6.07, 6.45) is 0. The van der Waals surface area contributed by atoms with Crippen LogP contribution >= 0.6 is 27.5 Å². The molecule has 0 spiro atoms. The maximum Gasteiger partial charge on any atom is 0.277 e. The van der Waals surface area contributed by atoms with Crippen LogP contribution in [0.5, 0.6) is 5.75 Å². The third kappa shape index (κ3) is 2.97. The number of nitrogens with zero attached hydrogens (tertiary/aromatic N) is 1. The van der Waals surface area contributed by atoms with Gasteiger partial charge in [0.15, 0.2) is 0 Å². The number of imide groups is 1. The predicted molar refractivity (Wildman–Crippen MR) is 97.0 cm³/mol. The zero-order chi connectivity index (χ0) is 17.3. The van der Waals surface area contributed by atoms with Gasteiger partial charge in [-0.2, -0.15) is 0 Å². The van der Waals surface area contributed by atoms with Crippen LogP contribution < -0.4 is 9.64 Å². The van der Waals surface area contributed by atoms with Gasteiger partial charge in [0.1, 0.15) is 10.8 Å². The zero-order valence-electron chi connectivity index (χ0n) is 12.8. The number of amides is 2. The predicted octanol–water partition coefficient (Wildman–Crippen LogP) is 4.37. The van der Waals surface area contributed by atoms with E-state index >= 15 is 0 Å². The van der Waals surface area contributed by atoms with Crippen LogP contribution in [0, 0.1) is 0 Å². The summed E-state index contributed by atoms with van der Waals surface area (Å²) in [7, 11) is 0.